The van der Waals surface area contributed by atoms with E-state index < -0.39 is 0 Å². The second-order valence-corrected chi connectivity index (χ2v) is 6.12. The molecule has 20 heavy (non-hydrogen) atoms. The third kappa shape index (κ3) is 2.47. The van der Waals surface area contributed by atoms with E-state index in [1.165, 1.54) is 11.3 Å². The fourth-order valence-corrected chi connectivity index (χ4v) is 3.47. The van der Waals surface area contributed by atoms with E-state index in [1.54, 1.807) is 0 Å². The minimum atomic E-state index is 0.124. The number of likely N-dealkylation sites (tertiary alicyclic amines) is 1. The molecule has 3 rings (SSSR count). The van der Waals surface area contributed by atoms with Gasteiger partial charge in [0.15, 0.2) is 5.82 Å². The molecular formula is C14H17N3O2S. The summed E-state index contributed by atoms with van der Waals surface area (Å²) in [5, 5.41) is 5.80. The summed E-state index contributed by atoms with van der Waals surface area (Å²) in [5.74, 6) is 1.59. The highest BCUT2D eigenvalue weighted by molar-refractivity contribution is 7.12. The molecule has 1 saturated heterocycles. The van der Waals surface area contributed by atoms with Crippen molar-refractivity contribution >= 4 is 17.2 Å². The van der Waals surface area contributed by atoms with Crippen LogP contribution in [0.25, 0.3) is 0 Å². The number of aromatic nitrogens is 2. The lowest BCUT2D eigenvalue weighted by atomic mass is 9.97. The maximum Gasteiger partial charge on any atom is 0.264 e. The summed E-state index contributed by atoms with van der Waals surface area (Å²) in [6.45, 7) is 5.26. The Labute approximate surface area is 121 Å². The van der Waals surface area contributed by atoms with E-state index in [1.807, 2.05) is 30.2 Å². The van der Waals surface area contributed by atoms with Crippen molar-refractivity contribution in [2.75, 3.05) is 13.1 Å². The molecule has 106 valence electrons. The van der Waals surface area contributed by atoms with E-state index in [4.69, 9.17) is 4.52 Å². The Bertz CT molecular complexity index is 619. The molecule has 1 unspecified atom stereocenters. The van der Waals surface area contributed by atoms with Gasteiger partial charge in [-0.2, -0.15) is 4.98 Å². The Morgan fingerprint density at radius 2 is 2.35 bits per heavy atom. The van der Waals surface area contributed by atoms with Crippen LogP contribution in [0.2, 0.25) is 0 Å². The molecule has 1 aliphatic rings. The number of aryl methyl sites for hydroxylation is 2. The molecule has 1 atom stereocenters. The molecule has 1 fully saturated rings. The predicted molar refractivity (Wildman–Crippen MR) is 76.0 cm³/mol. The van der Waals surface area contributed by atoms with Crippen molar-refractivity contribution in [2.45, 2.75) is 32.6 Å². The van der Waals surface area contributed by atoms with Gasteiger partial charge in [-0.1, -0.05) is 5.16 Å². The SMILES string of the molecule is Cc1noc(C2CCCN(C(=O)c3sccc3C)C2)n1. The molecule has 5 nitrogen and oxygen atoms in total. The fraction of sp³-hybridized carbons (Fsp3) is 0.500. The molecule has 0 saturated carbocycles. The van der Waals surface area contributed by atoms with Gasteiger partial charge in [0, 0.05) is 13.1 Å². The second kappa shape index (κ2) is 5.36. The normalized spacial score (nSPS) is 19.3. The van der Waals surface area contributed by atoms with Gasteiger partial charge in [0.05, 0.1) is 10.8 Å². The first-order valence-electron chi connectivity index (χ1n) is 6.78. The van der Waals surface area contributed by atoms with E-state index in [-0.39, 0.29) is 11.8 Å². The minimum Gasteiger partial charge on any atom is -0.339 e. The van der Waals surface area contributed by atoms with E-state index in [0.717, 1.165) is 29.8 Å². The van der Waals surface area contributed by atoms with Crippen molar-refractivity contribution in [1.29, 1.82) is 0 Å². The van der Waals surface area contributed by atoms with Gasteiger partial charge in [-0.05, 0) is 43.7 Å². The summed E-state index contributed by atoms with van der Waals surface area (Å²) in [7, 11) is 0. The van der Waals surface area contributed by atoms with Crippen molar-refractivity contribution in [3.05, 3.63) is 33.6 Å². The van der Waals surface area contributed by atoms with Crippen LogP contribution in [0, 0.1) is 13.8 Å². The van der Waals surface area contributed by atoms with Gasteiger partial charge in [0.1, 0.15) is 0 Å². The molecule has 3 heterocycles. The monoisotopic (exact) mass is 291 g/mol. The summed E-state index contributed by atoms with van der Waals surface area (Å²) in [6.07, 6.45) is 1.97. The highest BCUT2D eigenvalue weighted by atomic mass is 32.1. The highest BCUT2D eigenvalue weighted by Gasteiger charge is 2.29. The Morgan fingerprint density at radius 1 is 1.50 bits per heavy atom. The predicted octanol–water partition coefficient (Wildman–Crippen LogP) is 2.77. The van der Waals surface area contributed by atoms with E-state index in [9.17, 15) is 4.79 Å². The molecule has 6 heteroatoms. The summed E-state index contributed by atoms with van der Waals surface area (Å²) in [5.41, 5.74) is 1.05. The molecule has 1 amide bonds. The first kappa shape index (κ1) is 13.3. The van der Waals surface area contributed by atoms with Crippen LogP contribution >= 0.6 is 11.3 Å². The first-order valence-corrected chi connectivity index (χ1v) is 7.66. The van der Waals surface area contributed by atoms with Crippen LogP contribution in [0.3, 0.4) is 0 Å². The van der Waals surface area contributed by atoms with Gasteiger partial charge in [-0.3, -0.25) is 4.79 Å². The minimum absolute atomic E-state index is 0.124. The van der Waals surface area contributed by atoms with Crippen LogP contribution in [-0.2, 0) is 0 Å². The number of hydrogen-bond donors (Lipinski definition) is 0. The van der Waals surface area contributed by atoms with Gasteiger partial charge >= 0.3 is 0 Å². The fourth-order valence-electron chi connectivity index (χ4n) is 2.58. The van der Waals surface area contributed by atoms with Crippen LogP contribution in [-0.4, -0.2) is 34.0 Å². The third-order valence-corrected chi connectivity index (χ3v) is 4.66. The Hall–Kier alpha value is -1.69. The molecule has 2 aromatic heterocycles. The number of rotatable bonds is 2. The lowest BCUT2D eigenvalue weighted by molar-refractivity contribution is 0.0700. The van der Waals surface area contributed by atoms with Crippen LogP contribution < -0.4 is 0 Å². The molecule has 0 bridgehead atoms. The van der Waals surface area contributed by atoms with Crippen molar-refractivity contribution in [2.24, 2.45) is 0 Å². The standard InChI is InChI=1S/C14H17N3O2S/c1-9-5-7-20-12(9)14(18)17-6-3-4-11(8-17)13-15-10(2)16-19-13/h5,7,11H,3-4,6,8H2,1-2H3. The molecule has 0 aliphatic carbocycles. The quantitative estimate of drug-likeness (QED) is 0.853. The maximum absolute atomic E-state index is 12.5. The number of carbonyl (C=O) groups excluding carboxylic acids is 1. The molecule has 1 aliphatic heterocycles. The van der Waals surface area contributed by atoms with E-state index >= 15 is 0 Å². The number of piperidine rings is 1. The van der Waals surface area contributed by atoms with Crippen molar-refractivity contribution < 1.29 is 9.32 Å². The molecule has 0 aromatic carbocycles. The number of thiophene rings is 1. The van der Waals surface area contributed by atoms with Crippen LogP contribution in [0.5, 0.6) is 0 Å². The van der Waals surface area contributed by atoms with Crippen LogP contribution in [0.4, 0.5) is 0 Å². The summed E-state index contributed by atoms with van der Waals surface area (Å²) >= 11 is 1.51. The molecule has 0 N–H and O–H groups in total. The zero-order valence-corrected chi connectivity index (χ0v) is 12.4. The lowest BCUT2D eigenvalue weighted by Gasteiger charge is -2.30. The van der Waals surface area contributed by atoms with Crippen molar-refractivity contribution in [3.8, 4) is 0 Å². The zero-order valence-electron chi connectivity index (χ0n) is 11.6. The lowest BCUT2D eigenvalue weighted by Crippen LogP contribution is -2.39. The Morgan fingerprint density at radius 3 is 3.00 bits per heavy atom. The molecular weight excluding hydrogens is 274 g/mol. The molecule has 0 spiro atoms. The number of nitrogens with zero attached hydrogens (tertiary/aromatic N) is 3. The third-order valence-electron chi connectivity index (χ3n) is 3.66. The maximum atomic E-state index is 12.5. The summed E-state index contributed by atoms with van der Waals surface area (Å²) in [6, 6.07) is 1.99. The average Bonchev–Trinajstić information content (AvgIpc) is 3.07. The smallest absolute Gasteiger partial charge is 0.264 e. The van der Waals surface area contributed by atoms with Gasteiger partial charge in [0.2, 0.25) is 5.89 Å². The average molecular weight is 291 g/mol. The largest absolute Gasteiger partial charge is 0.339 e. The summed E-state index contributed by atoms with van der Waals surface area (Å²) < 4.78 is 5.25. The highest BCUT2D eigenvalue weighted by Crippen LogP contribution is 2.28. The summed E-state index contributed by atoms with van der Waals surface area (Å²) in [4.78, 5) is 19.6. The number of carbonyl (C=O) groups is 1. The Balaban J connectivity index is 1.75. The van der Waals surface area contributed by atoms with Gasteiger partial charge < -0.3 is 9.42 Å². The number of amides is 1. The molecule has 0 radical (unpaired) electrons. The van der Waals surface area contributed by atoms with Gasteiger partial charge in [-0.25, -0.2) is 0 Å². The van der Waals surface area contributed by atoms with Crippen LogP contribution in [0.1, 0.15) is 45.7 Å². The van der Waals surface area contributed by atoms with E-state index in [2.05, 4.69) is 10.1 Å². The van der Waals surface area contributed by atoms with Crippen molar-refractivity contribution in [1.82, 2.24) is 15.0 Å². The van der Waals surface area contributed by atoms with E-state index in [0.29, 0.717) is 18.3 Å². The first-order chi connectivity index (χ1) is 9.65. The van der Waals surface area contributed by atoms with Gasteiger partial charge in [-0.15, -0.1) is 11.3 Å². The topological polar surface area (TPSA) is 59.2 Å². The molecule has 2 aromatic rings. The second-order valence-electron chi connectivity index (χ2n) is 5.20. The van der Waals surface area contributed by atoms with Crippen molar-refractivity contribution in [3.63, 3.8) is 0 Å². The number of hydrogen-bond acceptors (Lipinski definition) is 5. The Kier molecular flexibility index (Phi) is 3.56. The van der Waals surface area contributed by atoms with Crippen LogP contribution in [0.15, 0.2) is 16.0 Å². The van der Waals surface area contributed by atoms with Gasteiger partial charge in [0.25, 0.3) is 5.91 Å². The zero-order chi connectivity index (χ0) is 14.1.